The fourth-order valence-corrected chi connectivity index (χ4v) is 5.12. The van der Waals surface area contributed by atoms with Crippen LogP contribution in [-0.2, 0) is 11.3 Å². The predicted octanol–water partition coefficient (Wildman–Crippen LogP) is 8.49. The fraction of sp³-hybridized carbons (Fsp3) is 0.167. The van der Waals surface area contributed by atoms with Crippen LogP contribution >= 0.6 is 0 Å². The fourth-order valence-electron chi connectivity index (χ4n) is 5.12. The molecule has 40 heavy (non-hydrogen) atoms. The summed E-state index contributed by atoms with van der Waals surface area (Å²) in [5, 5.41) is 12.0. The Bertz CT molecular complexity index is 1610. The first-order valence-corrected chi connectivity index (χ1v) is 13.6. The topological polar surface area (TPSA) is 57.6 Å². The second kappa shape index (κ2) is 12.0. The van der Waals surface area contributed by atoms with E-state index in [2.05, 4.69) is 26.0 Å². The SMILES string of the molecule is CC(C)c1ccc(CN(C(=O)c2ccc3ccccc3c2)C(CC(=O)O)c2ccc(-c3ccccc3)cc2)cc1. The molecule has 0 aliphatic rings. The maximum absolute atomic E-state index is 14.2. The number of amides is 1. The number of rotatable bonds is 9. The minimum absolute atomic E-state index is 0.197. The van der Waals surface area contributed by atoms with Crippen molar-refractivity contribution in [2.75, 3.05) is 0 Å². The molecular formula is C36H33NO3. The third kappa shape index (κ3) is 6.13. The number of carboxylic acids is 1. The Labute approximate surface area is 235 Å². The van der Waals surface area contributed by atoms with E-state index in [0.717, 1.165) is 33.0 Å². The van der Waals surface area contributed by atoms with E-state index in [-0.39, 0.29) is 12.3 Å². The molecule has 0 saturated heterocycles. The van der Waals surface area contributed by atoms with Crippen LogP contribution < -0.4 is 0 Å². The molecule has 0 aliphatic heterocycles. The lowest BCUT2D eigenvalue weighted by atomic mass is 9.96. The van der Waals surface area contributed by atoms with E-state index in [1.54, 1.807) is 4.90 Å². The molecule has 1 amide bonds. The van der Waals surface area contributed by atoms with Crippen LogP contribution in [0.25, 0.3) is 21.9 Å². The van der Waals surface area contributed by atoms with Gasteiger partial charge in [-0.25, -0.2) is 0 Å². The van der Waals surface area contributed by atoms with Crippen LogP contribution in [0.15, 0.2) is 121 Å². The first kappa shape index (κ1) is 26.9. The number of hydrogen-bond acceptors (Lipinski definition) is 2. The van der Waals surface area contributed by atoms with Crippen LogP contribution in [0.1, 0.15) is 59.3 Å². The molecule has 5 rings (SSSR count). The van der Waals surface area contributed by atoms with Crippen LogP contribution in [0.4, 0.5) is 0 Å². The van der Waals surface area contributed by atoms with Gasteiger partial charge in [0.05, 0.1) is 12.5 Å². The number of benzene rings is 5. The number of hydrogen-bond donors (Lipinski definition) is 1. The van der Waals surface area contributed by atoms with Gasteiger partial charge in [-0.15, -0.1) is 0 Å². The molecule has 1 N–H and O–H groups in total. The monoisotopic (exact) mass is 527 g/mol. The highest BCUT2D eigenvalue weighted by atomic mass is 16.4. The van der Waals surface area contributed by atoms with Crippen molar-refractivity contribution in [2.24, 2.45) is 0 Å². The average molecular weight is 528 g/mol. The van der Waals surface area contributed by atoms with E-state index >= 15 is 0 Å². The maximum atomic E-state index is 14.2. The molecule has 4 heteroatoms. The Morgan fingerprint density at radius 3 is 1.93 bits per heavy atom. The molecule has 0 heterocycles. The predicted molar refractivity (Wildman–Crippen MR) is 161 cm³/mol. The summed E-state index contributed by atoms with van der Waals surface area (Å²) in [6.45, 7) is 4.58. The molecular weight excluding hydrogens is 494 g/mol. The van der Waals surface area contributed by atoms with Crippen molar-refractivity contribution >= 4 is 22.6 Å². The third-order valence-electron chi connectivity index (χ3n) is 7.40. The highest BCUT2D eigenvalue weighted by Crippen LogP contribution is 2.31. The van der Waals surface area contributed by atoms with Crippen molar-refractivity contribution < 1.29 is 14.7 Å². The zero-order valence-corrected chi connectivity index (χ0v) is 22.8. The summed E-state index contributed by atoms with van der Waals surface area (Å²) >= 11 is 0. The molecule has 0 radical (unpaired) electrons. The van der Waals surface area contributed by atoms with Gasteiger partial charge in [-0.1, -0.05) is 123 Å². The summed E-state index contributed by atoms with van der Waals surface area (Å²) in [7, 11) is 0. The van der Waals surface area contributed by atoms with E-state index in [0.29, 0.717) is 18.0 Å². The minimum atomic E-state index is -0.955. The van der Waals surface area contributed by atoms with Crippen molar-refractivity contribution in [3.05, 3.63) is 144 Å². The summed E-state index contributed by atoms with van der Waals surface area (Å²) < 4.78 is 0. The number of fused-ring (bicyclic) bond motifs is 1. The van der Waals surface area contributed by atoms with Crippen molar-refractivity contribution in [3.63, 3.8) is 0 Å². The smallest absolute Gasteiger partial charge is 0.305 e. The van der Waals surface area contributed by atoms with Gasteiger partial charge >= 0.3 is 5.97 Å². The molecule has 0 fully saturated rings. The van der Waals surface area contributed by atoms with Crippen molar-refractivity contribution in [1.29, 1.82) is 0 Å². The molecule has 0 aromatic heterocycles. The van der Waals surface area contributed by atoms with Gasteiger partial charge in [0.15, 0.2) is 0 Å². The van der Waals surface area contributed by atoms with E-state index in [4.69, 9.17) is 0 Å². The molecule has 0 aliphatic carbocycles. The van der Waals surface area contributed by atoms with Crippen LogP contribution in [0, 0.1) is 0 Å². The number of carboxylic acid groups (broad SMARTS) is 1. The van der Waals surface area contributed by atoms with E-state index < -0.39 is 12.0 Å². The first-order valence-electron chi connectivity index (χ1n) is 13.6. The van der Waals surface area contributed by atoms with Gasteiger partial charge in [0.2, 0.25) is 0 Å². The summed E-state index contributed by atoms with van der Waals surface area (Å²) in [6.07, 6.45) is -0.200. The van der Waals surface area contributed by atoms with Gasteiger partial charge in [0.25, 0.3) is 5.91 Å². The van der Waals surface area contributed by atoms with Gasteiger partial charge in [-0.05, 0) is 56.6 Å². The Morgan fingerprint density at radius 2 is 1.27 bits per heavy atom. The van der Waals surface area contributed by atoms with Gasteiger partial charge in [-0.2, -0.15) is 0 Å². The second-order valence-corrected chi connectivity index (χ2v) is 10.5. The Morgan fingerprint density at radius 1 is 0.675 bits per heavy atom. The maximum Gasteiger partial charge on any atom is 0.305 e. The normalized spacial score (nSPS) is 11.9. The molecule has 5 aromatic carbocycles. The molecule has 1 atom stereocenters. The molecule has 0 saturated carbocycles. The largest absolute Gasteiger partial charge is 0.481 e. The molecule has 0 spiro atoms. The lowest BCUT2D eigenvalue weighted by Gasteiger charge is -2.32. The van der Waals surface area contributed by atoms with Crippen LogP contribution in [0.5, 0.6) is 0 Å². The lowest BCUT2D eigenvalue weighted by Crippen LogP contribution is -2.35. The minimum Gasteiger partial charge on any atom is -0.481 e. The van der Waals surface area contributed by atoms with E-state index in [1.165, 1.54) is 5.56 Å². The van der Waals surface area contributed by atoms with Crippen LogP contribution in [0.3, 0.4) is 0 Å². The Hall–Kier alpha value is -4.70. The van der Waals surface area contributed by atoms with Crippen molar-refractivity contribution in [2.45, 2.75) is 38.8 Å². The van der Waals surface area contributed by atoms with Gasteiger partial charge < -0.3 is 10.0 Å². The summed E-state index contributed by atoms with van der Waals surface area (Å²) in [5.74, 6) is -0.757. The lowest BCUT2D eigenvalue weighted by molar-refractivity contribution is -0.138. The molecule has 200 valence electrons. The Balaban J connectivity index is 1.55. The van der Waals surface area contributed by atoms with Crippen LogP contribution in [0.2, 0.25) is 0 Å². The van der Waals surface area contributed by atoms with Crippen molar-refractivity contribution in [1.82, 2.24) is 4.90 Å². The number of aliphatic carboxylic acids is 1. The highest BCUT2D eigenvalue weighted by Gasteiger charge is 2.29. The molecule has 5 aromatic rings. The summed E-state index contributed by atoms with van der Waals surface area (Å²) in [4.78, 5) is 28.0. The van der Waals surface area contributed by atoms with Gasteiger partial charge in [0, 0.05) is 12.1 Å². The third-order valence-corrected chi connectivity index (χ3v) is 7.40. The number of nitrogens with zero attached hydrogens (tertiary/aromatic N) is 1. The van der Waals surface area contributed by atoms with E-state index in [9.17, 15) is 14.7 Å². The zero-order chi connectivity index (χ0) is 28.1. The standard InChI is InChI=1S/C36H33NO3/c1-25(2)27-14-12-26(13-15-27)24-37(36(40)33-21-18-29-10-6-7-11-32(29)22-33)34(23-35(38)39)31-19-16-30(17-20-31)28-8-4-3-5-9-28/h3-22,25,34H,23-24H2,1-2H3,(H,38,39). The Kier molecular flexibility index (Phi) is 8.07. The van der Waals surface area contributed by atoms with Gasteiger partial charge in [-0.3, -0.25) is 9.59 Å². The van der Waals surface area contributed by atoms with Crippen molar-refractivity contribution in [3.8, 4) is 11.1 Å². The van der Waals surface area contributed by atoms with Gasteiger partial charge in [0.1, 0.15) is 0 Å². The molecule has 0 bridgehead atoms. The quantitative estimate of drug-likeness (QED) is 0.209. The molecule has 1 unspecified atom stereocenters. The van der Waals surface area contributed by atoms with E-state index in [1.807, 2.05) is 109 Å². The average Bonchev–Trinajstić information content (AvgIpc) is 2.99. The summed E-state index contributed by atoms with van der Waals surface area (Å²) in [5.41, 5.74) is 5.61. The second-order valence-electron chi connectivity index (χ2n) is 10.5. The summed E-state index contributed by atoms with van der Waals surface area (Å²) in [6, 6.07) is 39.1. The number of carbonyl (C=O) groups excluding carboxylic acids is 1. The zero-order valence-electron chi connectivity index (χ0n) is 22.8. The van der Waals surface area contributed by atoms with Crippen LogP contribution in [-0.4, -0.2) is 21.9 Å². The first-order chi connectivity index (χ1) is 19.4. The number of carbonyl (C=O) groups is 2. The highest BCUT2D eigenvalue weighted by molar-refractivity contribution is 5.99. The molecule has 4 nitrogen and oxygen atoms in total.